The Morgan fingerprint density at radius 1 is 1.55 bits per heavy atom. The van der Waals surface area contributed by atoms with Crippen LogP contribution in [0.5, 0.6) is 5.75 Å². The fourth-order valence-corrected chi connectivity index (χ4v) is 0.616. The third-order valence-electron chi connectivity index (χ3n) is 1.07. The first-order valence-electron chi connectivity index (χ1n) is 3.08. The maximum absolute atomic E-state index is 9.09. The van der Waals surface area contributed by atoms with Crippen LogP contribution in [0.25, 0.3) is 0 Å². The van der Waals surface area contributed by atoms with Crippen molar-refractivity contribution in [2.75, 3.05) is 6.61 Å². The molecule has 2 N–H and O–H groups in total. The molecule has 0 unspecified atom stereocenters. The van der Waals surface area contributed by atoms with Gasteiger partial charge in [0.1, 0.15) is 12.4 Å². The topological polar surface area (TPSA) is 53.4 Å². The fourth-order valence-electron chi connectivity index (χ4n) is 0.616. The summed E-state index contributed by atoms with van der Waals surface area (Å²) in [7, 11) is 0. The zero-order valence-electron chi connectivity index (χ0n) is 5.78. The van der Waals surface area contributed by atoms with Crippen molar-refractivity contribution in [3.8, 4) is 17.6 Å². The van der Waals surface area contributed by atoms with E-state index in [-0.39, 0.29) is 12.4 Å². The highest BCUT2D eigenvalue weighted by Crippen LogP contribution is 2.09. The summed E-state index contributed by atoms with van der Waals surface area (Å²) in [5.41, 5.74) is 0.293. The lowest BCUT2D eigenvalue weighted by atomic mass is 10.3. The van der Waals surface area contributed by atoms with E-state index in [0.717, 1.165) is 0 Å². The molecule has 0 spiro atoms. The molecule has 0 atom stereocenters. The number of aliphatic hydroxyl groups excluding tert-OH is 1. The first-order chi connectivity index (χ1) is 5.34. The average molecular weight is 149 g/mol. The van der Waals surface area contributed by atoms with E-state index in [4.69, 9.17) is 10.2 Å². The number of nitrogens with zero attached hydrogens (tertiary/aromatic N) is 1. The molecule has 0 fully saturated rings. The van der Waals surface area contributed by atoms with Gasteiger partial charge in [-0.1, -0.05) is 5.92 Å². The van der Waals surface area contributed by atoms with Gasteiger partial charge in [0.2, 0.25) is 0 Å². The molecule has 1 rings (SSSR count). The van der Waals surface area contributed by atoms with Crippen LogP contribution in [0.2, 0.25) is 0 Å². The highest BCUT2D eigenvalue weighted by molar-refractivity contribution is 5.38. The molecule has 0 aliphatic heterocycles. The van der Waals surface area contributed by atoms with Crippen LogP contribution in [0.15, 0.2) is 18.3 Å². The fraction of sp³-hybridized carbons (Fsp3) is 0.125. The van der Waals surface area contributed by atoms with E-state index in [1.54, 1.807) is 6.07 Å². The van der Waals surface area contributed by atoms with Crippen molar-refractivity contribution in [1.29, 1.82) is 0 Å². The van der Waals surface area contributed by atoms with Crippen LogP contribution in [0.1, 0.15) is 5.69 Å². The largest absolute Gasteiger partial charge is 0.505 e. The third kappa shape index (κ3) is 1.95. The molecular weight excluding hydrogens is 142 g/mol. The lowest BCUT2D eigenvalue weighted by Gasteiger charge is -1.91. The van der Waals surface area contributed by atoms with Crippen LogP contribution in [-0.2, 0) is 0 Å². The summed E-state index contributed by atoms with van der Waals surface area (Å²) < 4.78 is 0. The van der Waals surface area contributed by atoms with Crippen LogP contribution in [0.3, 0.4) is 0 Å². The minimum atomic E-state index is -0.226. The van der Waals surface area contributed by atoms with Gasteiger partial charge < -0.3 is 10.2 Å². The van der Waals surface area contributed by atoms with E-state index in [1.807, 2.05) is 0 Å². The van der Waals surface area contributed by atoms with Gasteiger partial charge in [0, 0.05) is 6.20 Å². The summed E-state index contributed by atoms with van der Waals surface area (Å²) >= 11 is 0. The number of hydrogen-bond acceptors (Lipinski definition) is 3. The summed E-state index contributed by atoms with van der Waals surface area (Å²) in [5, 5.41) is 17.4. The van der Waals surface area contributed by atoms with Gasteiger partial charge in [-0.3, -0.25) is 0 Å². The summed E-state index contributed by atoms with van der Waals surface area (Å²) in [6.45, 7) is -0.226. The van der Waals surface area contributed by atoms with Crippen LogP contribution in [0, 0.1) is 11.8 Å². The quantitative estimate of drug-likeness (QED) is 0.515. The lowest BCUT2D eigenvalue weighted by molar-refractivity contribution is 0.350. The van der Waals surface area contributed by atoms with Gasteiger partial charge >= 0.3 is 0 Å². The number of aromatic hydroxyl groups is 1. The molecule has 0 aliphatic rings. The van der Waals surface area contributed by atoms with Crippen molar-refractivity contribution in [2.24, 2.45) is 0 Å². The Morgan fingerprint density at radius 3 is 3.00 bits per heavy atom. The van der Waals surface area contributed by atoms with E-state index >= 15 is 0 Å². The van der Waals surface area contributed by atoms with Crippen molar-refractivity contribution in [3.05, 3.63) is 24.0 Å². The van der Waals surface area contributed by atoms with Crippen molar-refractivity contribution >= 4 is 0 Å². The molecule has 0 amide bonds. The SMILES string of the molecule is OCC#Cc1ncccc1O. The monoisotopic (exact) mass is 149 g/mol. The molecular formula is C8H7NO2. The van der Waals surface area contributed by atoms with E-state index in [0.29, 0.717) is 5.69 Å². The Morgan fingerprint density at radius 2 is 2.36 bits per heavy atom. The molecule has 0 radical (unpaired) electrons. The van der Waals surface area contributed by atoms with Crippen molar-refractivity contribution in [2.45, 2.75) is 0 Å². The first kappa shape index (κ1) is 7.58. The predicted molar refractivity (Wildman–Crippen MR) is 39.9 cm³/mol. The highest BCUT2D eigenvalue weighted by atomic mass is 16.3. The smallest absolute Gasteiger partial charge is 0.154 e. The molecule has 1 aromatic heterocycles. The number of aliphatic hydroxyl groups is 1. The van der Waals surface area contributed by atoms with Gasteiger partial charge in [-0.15, -0.1) is 0 Å². The Balaban J connectivity index is 2.95. The number of rotatable bonds is 0. The van der Waals surface area contributed by atoms with E-state index < -0.39 is 0 Å². The average Bonchev–Trinajstić information content (AvgIpc) is 2.03. The van der Waals surface area contributed by atoms with Gasteiger partial charge in [-0.2, -0.15) is 0 Å². The summed E-state index contributed by atoms with van der Waals surface area (Å²) in [4.78, 5) is 3.78. The molecule has 1 heterocycles. The Kier molecular flexibility index (Phi) is 2.47. The standard InChI is InChI=1S/C8H7NO2/c10-6-2-3-7-8(11)4-1-5-9-7/h1,4-5,10-11H,6H2. The van der Waals surface area contributed by atoms with Crippen LogP contribution < -0.4 is 0 Å². The third-order valence-corrected chi connectivity index (χ3v) is 1.07. The van der Waals surface area contributed by atoms with Crippen LogP contribution >= 0.6 is 0 Å². The molecule has 56 valence electrons. The summed E-state index contributed by atoms with van der Waals surface area (Å²) in [5.74, 6) is 4.93. The second kappa shape index (κ2) is 3.59. The van der Waals surface area contributed by atoms with Gasteiger partial charge in [-0.25, -0.2) is 4.98 Å². The lowest BCUT2D eigenvalue weighted by Crippen LogP contribution is -1.82. The van der Waals surface area contributed by atoms with E-state index in [2.05, 4.69) is 16.8 Å². The van der Waals surface area contributed by atoms with Crippen LogP contribution in [-0.4, -0.2) is 21.8 Å². The molecule has 0 saturated carbocycles. The second-order valence-electron chi connectivity index (χ2n) is 1.83. The molecule has 0 saturated heterocycles. The molecule has 0 aliphatic carbocycles. The van der Waals surface area contributed by atoms with Crippen LogP contribution in [0.4, 0.5) is 0 Å². The Labute approximate surface area is 64.3 Å². The van der Waals surface area contributed by atoms with E-state index in [1.165, 1.54) is 12.3 Å². The van der Waals surface area contributed by atoms with Crippen molar-refractivity contribution in [1.82, 2.24) is 4.98 Å². The minimum Gasteiger partial charge on any atom is -0.505 e. The van der Waals surface area contributed by atoms with Crippen molar-refractivity contribution in [3.63, 3.8) is 0 Å². The Hall–Kier alpha value is -1.53. The summed E-state index contributed by atoms with van der Waals surface area (Å²) in [6.07, 6.45) is 1.53. The highest BCUT2D eigenvalue weighted by Gasteiger charge is 1.93. The molecule has 0 aromatic carbocycles. The van der Waals surface area contributed by atoms with Gasteiger partial charge in [0.15, 0.2) is 5.69 Å². The number of pyridine rings is 1. The maximum atomic E-state index is 9.09. The molecule has 3 heteroatoms. The van der Waals surface area contributed by atoms with E-state index in [9.17, 15) is 0 Å². The molecule has 0 bridgehead atoms. The van der Waals surface area contributed by atoms with Crippen molar-refractivity contribution < 1.29 is 10.2 Å². The zero-order chi connectivity index (χ0) is 8.10. The summed E-state index contributed by atoms with van der Waals surface area (Å²) in [6, 6.07) is 3.11. The Bertz CT molecular complexity index is 298. The maximum Gasteiger partial charge on any atom is 0.154 e. The van der Waals surface area contributed by atoms with Gasteiger partial charge in [0.05, 0.1) is 0 Å². The number of aromatic nitrogens is 1. The first-order valence-corrected chi connectivity index (χ1v) is 3.08. The predicted octanol–water partition coefficient (Wildman–Crippen LogP) is 0.131. The molecule has 1 aromatic rings. The molecule has 11 heavy (non-hydrogen) atoms. The van der Waals surface area contributed by atoms with Gasteiger partial charge in [-0.05, 0) is 18.1 Å². The normalized spacial score (nSPS) is 8.45. The number of hydrogen-bond donors (Lipinski definition) is 2. The van der Waals surface area contributed by atoms with Gasteiger partial charge in [0.25, 0.3) is 0 Å². The zero-order valence-corrected chi connectivity index (χ0v) is 5.78. The molecule has 3 nitrogen and oxygen atoms in total. The minimum absolute atomic E-state index is 0.0356. The second-order valence-corrected chi connectivity index (χ2v) is 1.83.